The predicted octanol–water partition coefficient (Wildman–Crippen LogP) is 4.34. The summed E-state index contributed by atoms with van der Waals surface area (Å²) in [7, 11) is 3.72. The fraction of sp³-hybridized carbons (Fsp3) is 0.480. The van der Waals surface area contributed by atoms with Gasteiger partial charge in [-0.15, -0.1) is 0 Å². The van der Waals surface area contributed by atoms with E-state index in [9.17, 15) is 4.79 Å². The van der Waals surface area contributed by atoms with Crippen molar-refractivity contribution in [2.75, 3.05) is 38.7 Å². The van der Waals surface area contributed by atoms with Crippen LogP contribution < -0.4 is 9.64 Å². The van der Waals surface area contributed by atoms with Crippen LogP contribution in [0.25, 0.3) is 0 Å². The van der Waals surface area contributed by atoms with Crippen molar-refractivity contribution in [3.63, 3.8) is 0 Å². The van der Waals surface area contributed by atoms with Crippen molar-refractivity contribution >= 4 is 11.6 Å². The van der Waals surface area contributed by atoms with Crippen molar-refractivity contribution in [2.24, 2.45) is 0 Å². The predicted molar refractivity (Wildman–Crippen MR) is 123 cm³/mol. The lowest BCUT2D eigenvalue weighted by Gasteiger charge is -2.31. The molecule has 1 unspecified atom stereocenters. The van der Waals surface area contributed by atoms with Crippen molar-refractivity contribution in [3.8, 4) is 5.75 Å². The number of hydrogen-bond acceptors (Lipinski definition) is 4. The average Bonchev–Trinajstić information content (AvgIpc) is 2.93. The molecule has 2 aromatic rings. The van der Waals surface area contributed by atoms with Crippen molar-refractivity contribution in [3.05, 3.63) is 59.7 Å². The van der Waals surface area contributed by atoms with E-state index in [1.54, 1.807) is 7.11 Å². The first kappa shape index (κ1) is 22.2. The Morgan fingerprint density at radius 3 is 2.13 bits per heavy atom. The molecule has 0 saturated carbocycles. The molecule has 1 aliphatic rings. The van der Waals surface area contributed by atoms with Crippen LogP contribution in [-0.4, -0.2) is 55.0 Å². The number of likely N-dealkylation sites (N-methyl/N-ethyl adjacent to an activating group) is 1. The van der Waals surface area contributed by atoms with Crippen LogP contribution in [0, 0.1) is 0 Å². The largest absolute Gasteiger partial charge is 0.497 e. The molecule has 1 saturated heterocycles. The average molecular weight is 410 g/mol. The zero-order valence-electron chi connectivity index (χ0n) is 19.2. The molecular weight excluding hydrogens is 374 g/mol. The zero-order valence-corrected chi connectivity index (χ0v) is 19.2. The van der Waals surface area contributed by atoms with E-state index in [1.165, 1.54) is 11.3 Å². The Hall–Kier alpha value is -2.53. The van der Waals surface area contributed by atoms with Crippen LogP contribution in [0.5, 0.6) is 5.75 Å². The maximum atomic E-state index is 13.3. The molecule has 5 heteroatoms. The van der Waals surface area contributed by atoms with Gasteiger partial charge < -0.3 is 14.5 Å². The number of carbonyl (C=O) groups excluding carboxylic acids is 1. The Labute approximate surface area is 181 Å². The second-order valence-electron chi connectivity index (χ2n) is 8.40. The summed E-state index contributed by atoms with van der Waals surface area (Å²) in [5, 5.41) is 0. The van der Waals surface area contributed by atoms with Crippen LogP contribution in [0.2, 0.25) is 0 Å². The van der Waals surface area contributed by atoms with Crippen molar-refractivity contribution in [1.29, 1.82) is 0 Å². The fourth-order valence-electron chi connectivity index (χ4n) is 4.24. The van der Waals surface area contributed by atoms with Gasteiger partial charge in [0.1, 0.15) is 11.9 Å². The number of amides is 1. The lowest BCUT2D eigenvalue weighted by Crippen LogP contribution is -2.41. The number of carbonyl (C=O) groups is 1. The van der Waals surface area contributed by atoms with E-state index >= 15 is 0 Å². The topological polar surface area (TPSA) is 36.0 Å². The van der Waals surface area contributed by atoms with Crippen molar-refractivity contribution in [1.82, 2.24) is 9.80 Å². The number of nitrogens with zero attached hydrogens (tertiary/aromatic N) is 3. The first-order valence-corrected chi connectivity index (χ1v) is 10.8. The van der Waals surface area contributed by atoms with Gasteiger partial charge in [-0.1, -0.05) is 24.3 Å². The molecule has 1 atom stereocenters. The summed E-state index contributed by atoms with van der Waals surface area (Å²) in [5.74, 6) is 1.03. The first-order valence-electron chi connectivity index (χ1n) is 10.8. The normalized spacial score (nSPS) is 18.7. The summed E-state index contributed by atoms with van der Waals surface area (Å²) < 4.78 is 5.25. The number of anilines is 1. The Morgan fingerprint density at radius 2 is 1.60 bits per heavy atom. The van der Waals surface area contributed by atoms with Gasteiger partial charge in [0.15, 0.2) is 0 Å². The van der Waals surface area contributed by atoms with E-state index in [1.807, 2.05) is 37.9 Å². The molecule has 1 heterocycles. The van der Waals surface area contributed by atoms with E-state index in [4.69, 9.17) is 4.74 Å². The minimum absolute atomic E-state index is 0.0588. The van der Waals surface area contributed by atoms with E-state index < -0.39 is 5.54 Å². The molecule has 3 rings (SSSR count). The summed E-state index contributed by atoms with van der Waals surface area (Å²) in [4.78, 5) is 19.8. The molecule has 0 bridgehead atoms. The number of methoxy groups -OCH3 is 1. The lowest BCUT2D eigenvalue weighted by molar-refractivity contribution is -0.132. The van der Waals surface area contributed by atoms with Gasteiger partial charge in [-0.25, -0.2) is 0 Å². The third kappa shape index (κ3) is 4.17. The van der Waals surface area contributed by atoms with Gasteiger partial charge in [-0.3, -0.25) is 9.69 Å². The van der Waals surface area contributed by atoms with Gasteiger partial charge in [0.25, 0.3) is 0 Å². The molecule has 1 amide bonds. The molecule has 2 aromatic carbocycles. The number of benzene rings is 2. The van der Waals surface area contributed by atoms with E-state index in [2.05, 4.69) is 60.0 Å². The number of ether oxygens (including phenoxy) is 1. The van der Waals surface area contributed by atoms with Crippen LogP contribution in [0.1, 0.15) is 45.0 Å². The number of hydrogen-bond donors (Lipinski definition) is 0. The Morgan fingerprint density at radius 1 is 1.00 bits per heavy atom. The van der Waals surface area contributed by atoms with E-state index in [0.717, 1.165) is 30.8 Å². The quantitative estimate of drug-likeness (QED) is 0.650. The second-order valence-corrected chi connectivity index (χ2v) is 8.40. The highest BCUT2D eigenvalue weighted by Gasteiger charge is 2.49. The maximum Gasteiger partial charge on any atom is 0.244 e. The minimum Gasteiger partial charge on any atom is -0.497 e. The van der Waals surface area contributed by atoms with Gasteiger partial charge in [-0.2, -0.15) is 0 Å². The van der Waals surface area contributed by atoms with Gasteiger partial charge in [0.2, 0.25) is 5.91 Å². The molecule has 0 aromatic heterocycles. The van der Waals surface area contributed by atoms with Gasteiger partial charge in [-0.05, 0) is 76.6 Å². The van der Waals surface area contributed by atoms with E-state index in [-0.39, 0.29) is 12.1 Å². The molecule has 5 nitrogen and oxygen atoms in total. The summed E-state index contributed by atoms with van der Waals surface area (Å²) in [6.45, 7) is 11.0. The van der Waals surface area contributed by atoms with Gasteiger partial charge in [0.05, 0.1) is 12.6 Å². The van der Waals surface area contributed by atoms with Gasteiger partial charge >= 0.3 is 0 Å². The highest BCUT2D eigenvalue weighted by Crippen LogP contribution is 2.39. The second kappa shape index (κ2) is 9.09. The minimum atomic E-state index is -0.526. The SMILES string of the molecule is CCN(CC)c1ccc(C2N(CCc3ccc(OC)cc3)C(=O)C(C)(C)N2C)cc1. The highest BCUT2D eigenvalue weighted by molar-refractivity contribution is 5.88. The fourth-order valence-corrected chi connectivity index (χ4v) is 4.24. The molecule has 1 fully saturated rings. The third-order valence-electron chi connectivity index (χ3n) is 6.45. The Balaban J connectivity index is 1.83. The van der Waals surface area contributed by atoms with Crippen molar-refractivity contribution in [2.45, 2.75) is 45.8 Å². The summed E-state index contributed by atoms with van der Waals surface area (Å²) in [5.41, 5.74) is 3.05. The molecule has 30 heavy (non-hydrogen) atoms. The van der Waals surface area contributed by atoms with Crippen LogP contribution in [0.4, 0.5) is 5.69 Å². The van der Waals surface area contributed by atoms with Crippen LogP contribution in [-0.2, 0) is 11.2 Å². The van der Waals surface area contributed by atoms with Crippen LogP contribution in [0.3, 0.4) is 0 Å². The van der Waals surface area contributed by atoms with Crippen LogP contribution in [0.15, 0.2) is 48.5 Å². The zero-order chi connectivity index (χ0) is 21.9. The molecule has 0 radical (unpaired) electrons. The van der Waals surface area contributed by atoms with Crippen LogP contribution >= 0.6 is 0 Å². The van der Waals surface area contributed by atoms with E-state index in [0.29, 0.717) is 6.54 Å². The molecule has 162 valence electrons. The first-order chi connectivity index (χ1) is 14.3. The standard InChI is InChI=1S/C25H35N3O2/c1-7-27(8-2)21-13-11-20(12-14-21)23-26(5)25(3,4)24(29)28(23)18-17-19-9-15-22(30-6)16-10-19/h9-16,23H,7-8,17-18H2,1-6H3. The molecule has 0 spiro atoms. The summed E-state index contributed by atoms with van der Waals surface area (Å²) >= 11 is 0. The smallest absolute Gasteiger partial charge is 0.244 e. The summed E-state index contributed by atoms with van der Waals surface area (Å²) in [6.07, 6.45) is 0.754. The Kier molecular flexibility index (Phi) is 6.71. The Bertz CT molecular complexity index is 842. The third-order valence-corrected chi connectivity index (χ3v) is 6.45. The molecule has 0 aliphatic carbocycles. The monoisotopic (exact) mass is 409 g/mol. The maximum absolute atomic E-state index is 13.3. The molecule has 1 aliphatic heterocycles. The van der Waals surface area contributed by atoms with Crippen molar-refractivity contribution < 1.29 is 9.53 Å². The highest BCUT2D eigenvalue weighted by atomic mass is 16.5. The molecule has 0 N–H and O–H groups in total. The molecular formula is C25H35N3O2. The lowest BCUT2D eigenvalue weighted by atomic mass is 10.0. The summed E-state index contributed by atoms with van der Waals surface area (Å²) in [6, 6.07) is 16.8. The number of rotatable bonds is 8. The van der Waals surface area contributed by atoms with Gasteiger partial charge in [0, 0.05) is 25.3 Å².